The van der Waals surface area contributed by atoms with E-state index in [0.717, 1.165) is 31.4 Å². The summed E-state index contributed by atoms with van der Waals surface area (Å²) in [5, 5.41) is 7.54. The molecule has 1 aromatic carbocycles. The summed E-state index contributed by atoms with van der Waals surface area (Å²) >= 11 is 0. The number of allylic oxidation sites excluding steroid dienone is 1. The van der Waals surface area contributed by atoms with Gasteiger partial charge in [-0.15, -0.1) is 0 Å². The zero-order valence-electron chi connectivity index (χ0n) is 18.8. The molecule has 2 unspecified atom stereocenters. The van der Waals surface area contributed by atoms with Gasteiger partial charge in [0, 0.05) is 36.6 Å². The van der Waals surface area contributed by atoms with E-state index in [-0.39, 0.29) is 17.8 Å². The highest BCUT2D eigenvalue weighted by Crippen LogP contribution is 2.30. The molecule has 0 aromatic heterocycles. The first-order valence-corrected chi connectivity index (χ1v) is 11.2. The molecule has 1 saturated carbocycles. The Hall–Kier alpha value is -2.83. The largest absolute Gasteiger partial charge is 0.497 e. The van der Waals surface area contributed by atoms with Crippen LogP contribution in [-0.2, 0) is 9.63 Å². The molecule has 31 heavy (non-hydrogen) atoms. The van der Waals surface area contributed by atoms with Crippen molar-refractivity contribution in [3.63, 3.8) is 0 Å². The number of carbonyl (C=O) groups excluding carboxylic acids is 1. The van der Waals surface area contributed by atoms with Crippen LogP contribution < -0.4 is 15.8 Å². The Bertz CT molecular complexity index is 856. The number of hydrogen-bond donors (Lipinski definition) is 2. The lowest BCUT2D eigenvalue weighted by Gasteiger charge is -2.25. The fourth-order valence-electron chi connectivity index (χ4n) is 4.13. The van der Waals surface area contributed by atoms with Crippen LogP contribution in [0.3, 0.4) is 0 Å². The van der Waals surface area contributed by atoms with Crippen LogP contribution in [0.15, 0.2) is 45.7 Å². The minimum atomic E-state index is -0.683. The van der Waals surface area contributed by atoms with Crippen LogP contribution in [0.1, 0.15) is 52.4 Å². The predicted octanol–water partition coefficient (Wildman–Crippen LogP) is 4.09. The average molecular weight is 427 g/mol. The van der Waals surface area contributed by atoms with Crippen LogP contribution in [0, 0.1) is 5.92 Å². The summed E-state index contributed by atoms with van der Waals surface area (Å²) in [5.41, 5.74) is 9.15. The number of anilines is 1. The number of methoxy groups -OCH3 is 1. The Kier molecular flexibility index (Phi) is 8.09. The summed E-state index contributed by atoms with van der Waals surface area (Å²) in [5.74, 6) is 0.799. The minimum absolute atomic E-state index is 0.0650. The van der Waals surface area contributed by atoms with E-state index < -0.39 is 6.04 Å². The number of aliphatic imine (C=N–C) groups is 1. The van der Waals surface area contributed by atoms with E-state index in [4.69, 9.17) is 15.3 Å². The van der Waals surface area contributed by atoms with Crippen LogP contribution in [0.5, 0.6) is 5.75 Å². The Morgan fingerprint density at radius 1 is 1.39 bits per heavy atom. The first kappa shape index (κ1) is 22.8. The second-order valence-corrected chi connectivity index (χ2v) is 8.21. The normalized spacial score (nSPS) is 21.3. The van der Waals surface area contributed by atoms with Gasteiger partial charge in [0.25, 0.3) is 0 Å². The molecule has 0 saturated heterocycles. The van der Waals surface area contributed by atoms with E-state index in [1.54, 1.807) is 13.3 Å². The number of rotatable bonds is 9. The molecule has 2 aliphatic rings. The van der Waals surface area contributed by atoms with Gasteiger partial charge < -0.3 is 20.6 Å². The molecule has 0 amide bonds. The smallest absolute Gasteiger partial charge is 0.194 e. The summed E-state index contributed by atoms with van der Waals surface area (Å²) in [6, 6.07) is 6.81. The van der Waals surface area contributed by atoms with Gasteiger partial charge in [-0.1, -0.05) is 30.5 Å². The zero-order chi connectivity index (χ0) is 22.2. The number of nitrogens with two attached hydrogens (primary N) is 1. The number of hydrogen-bond acceptors (Lipinski definition) is 7. The van der Waals surface area contributed by atoms with E-state index >= 15 is 0 Å². The molecule has 0 radical (unpaired) electrons. The van der Waals surface area contributed by atoms with Crippen molar-refractivity contribution in [2.75, 3.05) is 19.0 Å². The molecule has 1 aromatic rings. The number of nitrogens with one attached hydrogen (secondary N) is 1. The highest BCUT2D eigenvalue weighted by Gasteiger charge is 2.33. The van der Waals surface area contributed by atoms with Gasteiger partial charge in [-0.3, -0.25) is 9.79 Å². The second-order valence-electron chi connectivity index (χ2n) is 8.21. The van der Waals surface area contributed by atoms with Gasteiger partial charge in [0.15, 0.2) is 5.78 Å². The first-order valence-electron chi connectivity index (χ1n) is 11.2. The van der Waals surface area contributed by atoms with Crippen molar-refractivity contribution in [3.05, 3.63) is 35.5 Å². The Morgan fingerprint density at radius 3 is 2.81 bits per heavy atom. The molecule has 1 aliphatic heterocycles. The molecule has 0 spiro atoms. The van der Waals surface area contributed by atoms with Crippen molar-refractivity contribution in [1.82, 2.24) is 0 Å². The van der Waals surface area contributed by atoms with E-state index in [0.29, 0.717) is 35.7 Å². The van der Waals surface area contributed by atoms with Gasteiger partial charge in [-0.25, -0.2) is 0 Å². The van der Waals surface area contributed by atoms with Crippen LogP contribution >= 0.6 is 0 Å². The van der Waals surface area contributed by atoms with Gasteiger partial charge in [-0.05, 0) is 44.7 Å². The summed E-state index contributed by atoms with van der Waals surface area (Å²) < 4.78 is 5.33. The lowest BCUT2D eigenvalue weighted by atomic mass is 9.84. The van der Waals surface area contributed by atoms with Crippen molar-refractivity contribution >= 4 is 23.4 Å². The highest BCUT2D eigenvalue weighted by atomic mass is 16.6. The quantitative estimate of drug-likeness (QED) is 0.458. The van der Waals surface area contributed by atoms with Crippen LogP contribution in [-0.4, -0.2) is 43.5 Å². The van der Waals surface area contributed by atoms with Gasteiger partial charge in [0.1, 0.15) is 17.9 Å². The fourth-order valence-corrected chi connectivity index (χ4v) is 4.13. The Balaban J connectivity index is 1.96. The molecule has 0 bridgehead atoms. The topological polar surface area (TPSA) is 98.3 Å². The third-order valence-electron chi connectivity index (χ3n) is 5.85. The highest BCUT2D eigenvalue weighted by molar-refractivity contribution is 6.25. The number of nitrogens with zero attached hydrogens (tertiary/aromatic N) is 2. The van der Waals surface area contributed by atoms with Gasteiger partial charge in [-0.2, -0.15) is 0 Å². The molecule has 3 N–H and O–H groups in total. The minimum Gasteiger partial charge on any atom is -0.497 e. The maximum absolute atomic E-state index is 13.8. The molecule has 2 atom stereocenters. The van der Waals surface area contributed by atoms with Gasteiger partial charge in [0.05, 0.1) is 18.4 Å². The van der Waals surface area contributed by atoms with Crippen molar-refractivity contribution in [2.24, 2.45) is 21.8 Å². The molecule has 7 nitrogen and oxygen atoms in total. The molecule has 1 aliphatic carbocycles. The van der Waals surface area contributed by atoms with Crippen LogP contribution in [0.25, 0.3) is 0 Å². The summed E-state index contributed by atoms with van der Waals surface area (Å²) in [7, 11) is 1.62. The van der Waals surface area contributed by atoms with Crippen molar-refractivity contribution in [1.29, 1.82) is 0 Å². The van der Waals surface area contributed by atoms with Gasteiger partial charge >= 0.3 is 0 Å². The average Bonchev–Trinajstić information content (AvgIpc) is 3.24. The summed E-state index contributed by atoms with van der Waals surface area (Å²) in [6.07, 6.45) is 7.69. The molecular weight excluding hydrogens is 392 g/mol. The number of benzene rings is 1. The van der Waals surface area contributed by atoms with Crippen molar-refractivity contribution in [3.8, 4) is 5.75 Å². The molecule has 1 fully saturated rings. The maximum atomic E-state index is 13.8. The van der Waals surface area contributed by atoms with Crippen LogP contribution in [0.4, 0.5) is 5.69 Å². The number of carbonyl (C=O) groups is 1. The van der Waals surface area contributed by atoms with Gasteiger partial charge in [0.2, 0.25) is 0 Å². The lowest BCUT2D eigenvalue weighted by molar-refractivity contribution is -0.114. The van der Waals surface area contributed by atoms with Crippen LogP contribution in [0.2, 0.25) is 0 Å². The van der Waals surface area contributed by atoms with E-state index in [9.17, 15) is 4.79 Å². The third-order valence-corrected chi connectivity index (χ3v) is 5.85. The Morgan fingerprint density at radius 2 is 2.16 bits per heavy atom. The Labute approximate surface area is 184 Å². The standard InChI is InChI=1S/C24H34N4O3/c1-4-26-15-20(22(25)17-9-6-5-7-10-17)24(29)23(21-13-16(2)31-28-21)27-18-11-8-12-19(14-18)30-3/h8,11-12,14-17,23,27H,4-7,9-10,13,25H2,1-3H3. The lowest BCUT2D eigenvalue weighted by Crippen LogP contribution is -2.40. The molecular formula is C24H34N4O3. The summed E-state index contributed by atoms with van der Waals surface area (Å²) in [4.78, 5) is 23.6. The SMILES string of the molecule is CCN=CC(C(=O)C(Nc1cccc(OC)c1)C1=NOC(C)C1)=C(N)C1CCCCC1. The predicted molar refractivity (Wildman–Crippen MR) is 125 cm³/mol. The monoisotopic (exact) mass is 426 g/mol. The molecule has 168 valence electrons. The molecule has 3 rings (SSSR count). The zero-order valence-corrected chi connectivity index (χ0v) is 18.8. The number of Topliss-reactive ketones (excluding diaryl/α,β-unsaturated/α-hetero) is 1. The number of oxime groups is 1. The van der Waals surface area contributed by atoms with E-state index in [2.05, 4.69) is 15.5 Å². The van der Waals surface area contributed by atoms with E-state index in [1.165, 1.54) is 6.42 Å². The third kappa shape index (κ3) is 5.87. The summed E-state index contributed by atoms with van der Waals surface area (Å²) in [6.45, 7) is 4.47. The van der Waals surface area contributed by atoms with E-state index in [1.807, 2.05) is 38.1 Å². The van der Waals surface area contributed by atoms with Crippen molar-refractivity contribution in [2.45, 2.75) is 64.5 Å². The molecule has 1 heterocycles. The maximum Gasteiger partial charge on any atom is 0.194 e. The second kappa shape index (κ2) is 11.0. The molecule has 7 heteroatoms. The fraction of sp³-hybridized carbons (Fsp3) is 0.542. The number of ether oxygens (including phenoxy) is 1. The number of ketones is 1. The van der Waals surface area contributed by atoms with Crippen molar-refractivity contribution < 1.29 is 14.4 Å². The first-order chi connectivity index (χ1) is 15.0.